The lowest BCUT2D eigenvalue weighted by atomic mass is 10.2. The molecule has 0 spiro atoms. The molecule has 0 aliphatic carbocycles. The zero-order valence-corrected chi connectivity index (χ0v) is 16.1. The number of hydrogen-bond donors (Lipinski definition) is 3. The Morgan fingerprint density at radius 2 is 2.14 bits per heavy atom. The Kier molecular flexibility index (Phi) is 6.36. The van der Waals surface area contributed by atoms with Crippen LogP contribution in [0.4, 0.5) is 11.5 Å². The number of amidine groups is 1. The van der Waals surface area contributed by atoms with Crippen LogP contribution in [0.1, 0.15) is 17.2 Å². The van der Waals surface area contributed by atoms with E-state index in [1.54, 1.807) is 30.5 Å². The lowest BCUT2D eigenvalue weighted by Crippen LogP contribution is -2.19. The van der Waals surface area contributed by atoms with E-state index in [2.05, 4.69) is 30.1 Å². The summed E-state index contributed by atoms with van der Waals surface area (Å²) in [6.07, 6.45) is 5.02. The summed E-state index contributed by atoms with van der Waals surface area (Å²) < 4.78 is 0. The second-order valence-electron chi connectivity index (χ2n) is 6.21. The predicted octanol–water partition coefficient (Wildman–Crippen LogP) is 2.77. The Hall–Kier alpha value is -3.23. The van der Waals surface area contributed by atoms with Gasteiger partial charge in [0.1, 0.15) is 17.5 Å². The van der Waals surface area contributed by atoms with Crippen molar-refractivity contribution in [2.24, 2.45) is 10.7 Å². The normalized spacial score (nSPS) is 12.2. The number of benzene rings is 1. The van der Waals surface area contributed by atoms with Gasteiger partial charge in [0, 0.05) is 23.3 Å². The van der Waals surface area contributed by atoms with Crippen molar-refractivity contribution in [3.63, 3.8) is 0 Å². The summed E-state index contributed by atoms with van der Waals surface area (Å²) in [5, 5.41) is 7.69. The molecule has 0 saturated carbocycles. The van der Waals surface area contributed by atoms with Crippen LogP contribution in [0.5, 0.6) is 0 Å². The first kappa shape index (κ1) is 19.5. The molecule has 0 atom stereocenters. The van der Waals surface area contributed by atoms with Gasteiger partial charge in [0.05, 0.1) is 12.2 Å². The Balaban J connectivity index is 1.59. The van der Waals surface area contributed by atoms with Gasteiger partial charge < -0.3 is 11.5 Å². The summed E-state index contributed by atoms with van der Waals surface area (Å²) in [6, 6.07) is 11.0. The van der Waals surface area contributed by atoms with E-state index in [1.807, 2.05) is 31.3 Å². The van der Waals surface area contributed by atoms with Crippen molar-refractivity contribution < 1.29 is 0 Å². The smallest absolute Gasteiger partial charge is 0.174 e. The molecule has 2 heterocycles. The highest BCUT2D eigenvalue weighted by Crippen LogP contribution is 2.17. The van der Waals surface area contributed by atoms with Crippen LogP contribution in [-0.2, 0) is 13.1 Å². The molecule has 0 aliphatic rings. The molecule has 3 rings (SSSR count). The van der Waals surface area contributed by atoms with E-state index >= 15 is 0 Å². The molecule has 0 amide bonds. The molecule has 0 aliphatic heterocycles. The highest BCUT2D eigenvalue weighted by Gasteiger charge is 2.08. The van der Waals surface area contributed by atoms with Gasteiger partial charge in [0.2, 0.25) is 0 Å². The van der Waals surface area contributed by atoms with Crippen molar-refractivity contribution in [3.8, 4) is 0 Å². The van der Waals surface area contributed by atoms with E-state index in [4.69, 9.17) is 23.1 Å². The number of nitrogens with two attached hydrogens (primary N) is 2. The van der Waals surface area contributed by atoms with Gasteiger partial charge in [0.25, 0.3) is 0 Å². The van der Waals surface area contributed by atoms with Crippen LogP contribution in [0.15, 0.2) is 53.7 Å². The van der Waals surface area contributed by atoms with E-state index in [0.717, 1.165) is 11.4 Å². The zero-order valence-electron chi connectivity index (χ0n) is 15.4. The molecule has 2 aromatic heterocycles. The standard InChI is InChI=1S/C19H21ClN8/c1-28(11-13-4-3-9-23-19(13)22)12-18-25-17(26-27-18)8-7-16(21)24-15-6-2-5-14(20)10-15/h2-10H,11-12H2,1H3,(H2,21,24)(H2,22,23)(H,25,26,27)/b8-7-. The molecule has 9 heteroatoms. The second-order valence-corrected chi connectivity index (χ2v) is 6.65. The molecule has 8 nitrogen and oxygen atoms in total. The lowest BCUT2D eigenvalue weighted by Gasteiger charge is -2.15. The van der Waals surface area contributed by atoms with Crippen molar-refractivity contribution in [3.05, 3.63) is 70.9 Å². The molecule has 0 fully saturated rings. The summed E-state index contributed by atoms with van der Waals surface area (Å²) in [4.78, 5) is 14.9. The minimum Gasteiger partial charge on any atom is -0.384 e. The fraction of sp³-hybridized carbons (Fsp3) is 0.158. The number of aromatic nitrogens is 4. The highest BCUT2D eigenvalue weighted by molar-refractivity contribution is 6.30. The maximum Gasteiger partial charge on any atom is 0.174 e. The third-order valence-corrected chi connectivity index (χ3v) is 4.04. The van der Waals surface area contributed by atoms with Crippen molar-refractivity contribution in [1.29, 1.82) is 0 Å². The van der Waals surface area contributed by atoms with Crippen LogP contribution in [0.25, 0.3) is 6.08 Å². The first-order valence-electron chi connectivity index (χ1n) is 8.56. The van der Waals surface area contributed by atoms with Gasteiger partial charge in [-0.25, -0.2) is 15.0 Å². The molecule has 0 unspecified atom stereocenters. The number of aromatic amines is 1. The third-order valence-electron chi connectivity index (χ3n) is 3.80. The van der Waals surface area contributed by atoms with Gasteiger partial charge in [-0.15, -0.1) is 0 Å². The quantitative estimate of drug-likeness (QED) is 0.417. The Morgan fingerprint density at radius 1 is 1.29 bits per heavy atom. The van der Waals surface area contributed by atoms with Crippen molar-refractivity contribution in [1.82, 2.24) is 25.1 Å². The molecule has 3 aromatic rings. The van der Waals surface area contributed by atoms with Gasteiger partial charge in [0.15, 0.2) is 5.82 Å². The van der Waals surface area contributed by atoms with Crippen LogP contribution in [0.2, 0.25) is 5.02 Å². The third kappa shape index (κ3) is 5.63. The molecular formula is C19H21ClN8. The van der Waals surface area contributed by atoms with Crippen LogP contribution in [0.3, 0.4) is 0 Å². The van der Waals surface area contributed by atoms with E-state index in [1.165, 1.54) is 0 Å². The van der Waals surface area contributed by atoms with Gasteiger partial charge >= 0.3 is 0 Å². The monoisotopic (exact) mass is 396 g/mol. The number of nitrogen functional groups attached to an aromatic ring is 1. The fourth-order valence-electron chi connectivity index (χ4n) is 2.53. The topological polar surface area (TPSA) is 122 Å². The van der Waals surface area contributed by atoms with Gasteiger partial charge in [-0.3, -0.25) is 10.00 Å². The maximum atomic E-state index is 5.94. The van der Waals surface area contributed by atoms with Gasteiger partial charge in [-0.1, -0.05) is 23.7 Å². The summed E-state index contributed by atoms with van der Waals surface area (Å²) >= 11 is 5.94. The molecular weight excluding hydrogens is 376 g/mol. The number of aliphatic imine (C=N–C) groups is 1. The first-order chi connectivity index (χ1) is 13.5. The fourth-order valence-corrected chi connectivity index (χ4v) is 2.72. The predicted molar refractivity (Wildman–Crippen MR) is 112 cm³/mol. The number of nitrogens with one attached hydrogen (secondary N) is 1. The molecule has 28 heavy (non-hydrogen) atoms. The number of halogens is 1. The number of nitrogens with zero attached hydrogens (tertiary/aromatic N) is 5. The van der Waals surface area contributed by atoms with Crippen LogP contribution in [-0.4, -0.2) is 37.9 Å². The van der Waals surface area contributed by atoms with E-state index in [-0.39, 0.29) is 0 Å². The number of anilines is 1. The summed E-state index contributed by atoms with van der Waals surface area (Å²) in [5.74, 6) is 2.12. The summed E-state index contributed by atoms with van der Waals surface area (Å²) in [5.41, 5.74) is 13.5. The molecule has 0 radical (unpaired) electrons. The zero-order chi connectivity index (χ0) is 19.9. The average molecular weight is 397 g/mol. The van der Waals surface area contributed by atoms with Crippen LogP contribution < -0.4 is 11.5 Å². The summed E-state index contributed by atoms with van der Waals surface area (Å²) in [7, 11) is 1.97. The van der Waals surface area contributed by atoms with E-state index in [0.29, 0.717) is 41.3 Å². The Bertz CT molecular complexity index is 995. The molecule has 144 valence electrons. The summed E-state index contributed by atoms with van der Waals surface area (Å²) in [6.45, 7) is 1.24. The molecule has 0 saturated heterocycles. The minimum absolute atomic E-state index is 0.331. The molecule has 1 aromatic carbocycles. The van der Waals surface area contributed by atoms with E-state index in [9.17, 15) is 0 Å². The molecule has 0 bridgehead atoms. The largest absolute Gasteiger partial charge is 0.384 e. The number of rotatable bonds is 7. The number of pyridine rings is 1. The maximum absolute atomic E-state index is 5.94. The first-order valence-corrected chi connectivity index (χ1v) is 8.94. The number of hydrogen-bond acceptors (Lipinski definition) is 6. The second kappa shape index (κ2) is 9.12. The van der Waals surface area contributed by atoms with Crippen LogP contribution in [0, 0.1) is 0 Å². The highest BCUT2D eigenvalue weighted by atomic mass is 35.5. The van der Waals surface area contributed by atoms with Crippen LogP contribution >= 0.6 is 11.6 Å². The van der Waals surface area contributed by atoms with Gasteiger partial charge in [-0.05, 0) is 43.5 Å². The van der Waals surface area contributed by atoms with E-state index < -0.39 is 0 Å². The molecule has 5 N–H and O–H groups in total. The number of H-pyrrole nitrogens is 1. The van der Waals surface area contributed by atoms with Crippen molar-refractivity contribution in [2.45, 2.75) is 13.1 Å². The van der Waals surface area contributed by atoms with Crippen molar-refractivity contribution >= 4 is 35.0 Å². The average Bonchev–Trinajstić information content (AvgIpc) is 3.09. The SMILES string of the molecule is CN(Cc1nc(/C=C\C(N)=Nc2cccc(Cl)c2)n[nH]1)Cc1cccnc1N. The van der Waals surface area contributed by atoms with Gasteiger partial charge in [-0.2, -0.15) is 5.10 Å². The lowest BCUT2D eigenvalue weighted by molar-refractivity contribution is 0.311. The van der Waals surface area contributed by atoms with Crippen molar-refractivity contribution in [2.75, 3.05) is 12.8 Å². The minimum atomic E-state index is 0.331. The Morgan fingerprint density at radius 3 is 2.93 bits per heavy atom. The Labute approximate surface area is 168 Å².